The van der Waals surface area contributed by atoms with E-state index in [2.05, 4.69) is 22.6 Å². The third kappa shape index (κ3) is 3.10. The average Bonchev–Trinajstić information content (AvgIpc) is 2.36. The molecule has 0 heterocycles. The Morgan fingerprint density at radius 1 is 1.05 bits per heavy atom. The lowest BCUT2D eigenvalue weighted by Crippen LogP contribution is -2.20. The lowest BCUT2D eigenvalue weighted by molar-refractivity contribution is 0.650. The first kappa shape index (κ1) is 13.9. The largest absolute Gasteiger partial charge is 0.234 e. The van der Waals surface area contributed by atoms with Crippen molar-refractivity contribution in [2.75, 3.05) is 0 Å². The summed E-state index contributed by atoms with van der Waals surface area (Å²) >= 11 is 0. The Hall–Kier alpha value is -1.48. The fourth-order valence-corrected chi connectivity index (χ4v) is 2.47. The number of rotatable bonds is 2. The normalized spacial score (nSPS) is 14.6. The van der Waals surface area contributed by atoms with Gasteiger partial charge in [0.1, 0.15) is 11.0 Å². The summed E-state index contributed by atoms with van der Waals surface area (Å²) in [7, 11) is -1.22. The van der Waals surface area contributed by atoms with Crippen molar-refractivity contribution in [1.82, 2.24) is 0 Å². The predicted octanol–water partition coefficient (Wildman–Crippen LogP) is 4.11. The SMILES string of the molecule is C/C(=N\S(=O)C(C)(C)C)c1cccc2ccccc12. The van der Waals surface area contributed by atoms with Crippen LogP contribution in [0, 0.1) is 0 Å². The van der Waals surface area contributed by atoms with Crippen LogP contribution in [0.5, 0.6) is 0 Å². The van der Waals surface area contributed by atoms with Gasteiger partial charge in [-0.05, 0) is 38.5 Å². The summed E-state index contributed by atoms with van der Waals surface area (Å²) in [6.07, 6.45) is 0. The molecular weight excluding hydrogens is 254 g/mol. The third-order valence-electron chi connectivity index (χ3n) is 2.92. The van der Waals surface area contributed by atoms with Gasteiger partial charge in [0.05, 0.1) is 10.5 Å². The topological polar surface area (TPSA) is 29.4 Å². The lowest BCUT2D eigenvalue weighted by atomic mass is 10.0. The van der Waals surface area contributed by atoms with Crippen LogP contribution in [-0.4, -0.2) is 14.7 Å². The summed E-state index contributed by atoms with van der Waals surface area (Å²) < 4.78 is 16.1. The van der Waals surface area contributed by atoms with Gasteiger partial charge in [0.15, 0.2) is 0 Å². The molecule has 0 aromatic heterocycles. The Kier molecular flexibility index (Phi) is 3.85. The maximum atomic E-state index is 12.1. The van der Waals surface area contributed by atoms with Gasteiger partial charge >= 0.3 is 0 Å². The second-order valence-electron chi connectivity index (χ2n) is 5.56. The molecule has 0 aliphatic carbocycles. The minimum Gasteiger partial charge on any atom is -0.234 e. The molecule has 19 heavy (non-hydrogen) atoms. The molecule has 2 nitrogen and oxygen atoms in total. The first-order valence-electron chi connectivity index (χ1n) is 6.35. The molecule has 0 saturated carbocycles. The van der Waals surface area contributed by atoms with Crippen molar-refractivity contribution >= 4 is 27.5 Å². The van der Waals surface area contributed by atoms with E-state index >= 15 is 0 Å². The van der Waals surface area contributed by atoms with Gasteiger partial charge in [0.2, 0.25) is 0 Å². The van der Waals surface area contributed by atoms with Crippen molar-refractivity contribution < 1.29 is 4.21 Å². The highest BCUT2D eigenvalue weighted by Crippen LogP contribution is 2.20. The molecule has 2 aromatic rings. The maximum absolute atomic E-state index is 12.1. The van der Waals surface area contributed by atoms with Crippen LogP contribution in [-0.2, 0) is 11.0 Å². The highest BCUT2D eigenvalue weighted by molar-refractivity contribution is 7.85. The van der Waals surface area contributed by atoms with Crippen LogP contribution in [0.4, 0.5) is 0 Å². The van der Waals surface area contributed by atoms with E-state index in [1.807, 2.05) is 52.0 Å². The molecular formula is C16H19NOS. The molecule has 100 valence electrons. The second kappa shape index (κ2) is 5.25. The molecule has 0 spiro atoms. The zero-order valence-corrected chi connectivity index (χ0v) is 12.6. The van der Waals surface area contributed by atoms with Crippen LogP contribution >= 0.6 is 0 Å². The van der Waals surface area contributed by atoms with Gasteiger partial charge in [-0.2, -0.15) is 4.40 Å². The molecule has 0 bridgehead atoms. The number of fused-ring (bicyclic) bond motifs is 1. The molecule has 3 heteroatoms. The molecule has 0 amide bonds. The Labute approximate surface area is 117 Å². The molecule has 0 saturated heterocycles. The Balaban J connectivity index is 2.51. The van der Waals surface area contributed by atoms with E-state index in [1.54, 1.807) is 0 Å². The van der Waals surface area contributed by atoms with Gasteiger partial charge in [-0.15, -0.1) is 0 Å². The van der Waals surface area contributed by atoms with Crippen molar-refractivity contribution in [3.05, 3.63) is 48.0 Å². The van der Waals surface area contributed by atoms with E-state index in [0.29, 0.717) is 0 Å². The van der Waals surface area contributed by atoms with Gasteiger partial charge in [0, 0.05) is 5.56 Å². The zero-order valence-electron chi connectivity index (χ0n) is 11.8. The number of hydrogen-bond acceptors (Lipinski definition) is 1. The number of hydrogen-bond donors (Lipinski definition) is 0. The summed E-state index contributed by atoms with van der Waals surface area (Å²) in [4.78, 5) is 0. The quantitative estimate of drug-likeness (QED) is 0.757. The van der Waals surface area contributed by atoms with E-state index in [4.69, 9.17) is 0 Å². The van der Waals surface area contributed by atoms with E-state index in [0.717, 1.165) is 16.7 Å². The van der Waals surface area contributed by atoms with Crippen molar-refractivity contribution in [3.63, 3.8) is 0 Å². The average molecular weight is 273 g/mol. The van der Waals surface area contributed by atoms with Gasteiger partial charge in [-0.25, -0.2) is 4.21 Å². The maximum Gasteiger partial charge on any atom is 0.145 e. The van der Waals surface area contributed by atoms with Gasteiger partial charge in [-0.1, -0.05) is 42.5 Å². The van der Waals surface area contributed by atoms with Crippen molar-refractivity contribution in [2.24, 2.45) is 4.40 Å². The molecule has 2 aromatic carbocycles. The fraction of sp³-hybridized carbons (Fsp3) is 0.312. The molecule has 0 fully saturated rings. The van der Waals surface area contributed by atoms with Crippen LogP contribution in [0.1, 0.15) is 33.3 Å². The Morgan fingerprint density at radius 2 is 1.68 bits per heavy atom. The first-order valence-corrected chi connectivity index (χ1v) is 7.46. The Bertz CT molecular complexity index is 648. The predicted molar refractivity (Wildman–Crippen MR) is 84.1 cm³/mol. The molecule has 0 aliphatic heterocycles. The van der Waals surface area contributed by atoms with Gasteiger partial charge in [0.25, 0.3) is 0 Å². The van der Waals surface area contributed by atoms with Gasteiger partial charge in [-0.3, -0.25) is 0 Å². The molecule has 0 N–H and O–H groups in total. The van der Waals surface area contributed by atoms with Crippen molar-refractivity contribution in [3.8, 4) is 0 Å². The van der Waals surface area contributed by atoms with Crippen molar-refractivity contribution in [2.45, 2.75) is 32.4 Å². The molecule has 0 aliphatic rings. The molecule has 2 rings (SSSR count). The minimum absolute atomic E-state index is 0.328. The number of nitrogens with zero attached hydrogens (tertiary/aromatic N) is 1. The number of benzene rings is 2. The summed E-state index contributed by atoms with van der Waals surface area (Å²) in [6.45, 7) is 7.72. The molecule has 0 radical (unpaired) electrons. The zero-order chi connectivity index (χ0) is 14.0. The fourth-order valence-electron chi connectivity index (χ4n) is 1.85. The van der Waals surface area contributed by atoms with E-state index in [1.165, 1.54) is 5.39 Å². The van der Waals surface area contributed by atoms with Gasteiger partial charge < -0.3 is 0 Å². The molecule has 1 atom stereocenters. The summed E-state index contributed by atoms with van der Waals surface area (Å²) in [5, 5.41) is 2.33. The summed E-state index contributed by atoms with van der Waals surface area (Å²) in [6, 6.07) is 14.3. The van der Waals surface area contributed by atoms with E-state index in [-0.39, 0.29) is 4.75 Å². The minimum atomic E-state index is -1.22. The highest BCUT2D eigenvalue weighted by Gasteiger charge is 2.19. The molecule has 1 unspecified atom stereocenters. The van der Waals surface area contributed by atoms with Crippen LogP contribution in [0.3, 0.4) is 0 Å². The first-order chi connectivity index (χ1) is 8.89. The second-order valence-corrected chi connectivity index (χ2v) is 7.47. The smallest absolute Gasteiger partial charge is 0.145 e. The van der Waals surface area contributed by atoms with Crippen LogP contribution in [0.2, 0.25) is 0 Å². The summed E-state index contributed by atoms with van der Waals surface area (Å²) in [5.74, 6) is 0. The van der Waals surface area contributed by atoms with Crippen LogP contribution < -0.4 is 0 Å². The Morgan fingerprint density at radius 3 is 2.37 bits per heavy atom. The monoisotopic (exact) mass is 273 g/mol. The summed E-state index contributed by atoms with van der Waals surface area (Å²) in [5.41, 5.74) is 1.88. The van der Waals surface area contributed by atoms with E-state index in [9.17, 15) is 4.21 Å². The van der Waals surface area contributed by atoms with Crippen LogP contribution in [0.15, 0.2) is 46.9 Å². The third-order valence-corrected chi connectivity index (χ3v) is 4.41. The standard InChI is InChI=1S/C16H19NOS/c1-12(17-19(18)16(2,3)4)14-11-7-9-13-8-5-6-10-15(13)14/h5-11H,1-4H3/b17-12+. The van der Waals surface area contributed by atoms with Crippen LogP contribution in [0.25, 0.3) is 10.8 Å². The highest BCUT2D eigenvalue weighted by atomic mass is 32.2. The van der Waals surface area contributed by atoms with Crippen molar-refractivity contribution in [1.29, 1.82) is 0 Å². The van der Waals surface area contributed by atoms with E-state index < -0.39 is 11.0 Å². The lowest BCUT2D eigenvalue weighted by Gasteiger charge is -2.14.